The Morgan fingerprint density at radius 3 is 2.16 bits per heavy atom. The Morgan fingerprint density at radius 1 is 0.938 bits per heavy atom. The van der Waals surface area contributed by atoms with Gasteiger partial charge >= 0.3 is 0 Å². The molecule has 1 aliphatic carbocycles. The third-order valence-corrected chi connectivity index (χ3v) is 12.3. The normalized spacial score (nSPS) is 14.8. The summed E-state index contributed by atoms with van der Waals surface area (Å²) in [5.41, 5.74) is 6.24. The van der Waals surface area contributed by atoms with Crippen molar-refractivity contribution in [2.24, 2.45) is 20.9 Å². The molecule has 0 aromatic heterocycles. The fourth-order valence-electron chi connectivity index (χ4n) is 7.60. The smallest absolute Gasteiger partial charge is 0.248 e. The van der Waals surface area contributed by atoms with Gasteiger partial charge in [0.05, 0.1) is 17.3 Å². The van der Waals surface area contributed by atoms with Crippen molar-refractivity contribution in [2.75, 3.05) is 79.7 Å². The van der Waals surface area contributed by atoms with Crippen LogP contribution in [0, 0.1) is 11.7 Å². The predicted molar refractivity (Wildman–Crippen MR) is 325 cm³/mol. The molecule has 0 spiro atoms. The number of aliphatic hydroxyl groups excluding tert-OH is 1. The van der Waals surface area contributed by atoms with Crippen LogP contribution in [0.5, 0.6) is 0 Å². The van der Waals surface area contributed by atoms with Crippen molar-refractivity contribution in [3.05, 3.63) is 118 Å². The number of nitrogens with one attached hydrogen (secondary N) is 4. The summed E-state index contributed by atoms with van der Waals surface area (Å²) in [5, 5.41) is 18.1. The molecule has 1 fully saturated rings. The van der Waals surface area contributed by atoms with E-state index < -0.39 is 5.82 Å². The zero-order valence-corrected chi connectivity index (χ0v) is 50.1. The van der Waals surface area contributed by atoms with E-state index in [1.165, 1.54) is 43.5 Å². The number of carbonyl (C=O) groups excluding carboxylic acids is 4. The van der Waals surface area contributed by atoms with Crippen molar-refractivity contribution in [1.29, 1.82) is 0 Å². The maximum atomic E-state index is 13.4. The number of hydrogen-bond acceptors (Lipinski definition) is 12. The van der Waals surface area contributed by atoms with Gasteiger partial charge in [0.25, 0.3) is 0 Å². The average molecular weight is 1130 g/mol. The van der Waals surface area contributed by atoms with E-state index in [0.29, 0.717) is 112 Å². The van der Waals surface area contributed by atoms with Gasteiger partial charge in [0.1, 0.15) is 23.7 Å². The Bertz CT molecular complexity index is 2370. The number of halogens is 2. The second-order valence-electron chi connectivity index (χ2n) is 19.5. The first-order valence-electron chi connectivity index (χ1n) is 27.7. The highest BCUT2D eigenvalue weighted by molar-refractivity contribution is 6.31. The Labute approximate surface area is 482 Å². The monoisotopic (exact) mass is 1130 g/mol. The summed E-state index contributed by atoms with van der Waals surface area (Å²) in [5.74, 6) is 0.976. The molecule has 5 N–H and O–H groups in total. The van der Waals surface area contributed by atoms with Gasteiger partial charge in [0.2, 0.25) is 24.1 Å². The number of rotatable bonds is 32. The molecule has 80 heavy (non-hydrogen) atoms. The predicted octanol–water partition coefficient (Wildman–Crippen LogP) is 10.6. The zero-order chi connectivity index (χ0) is 59.5. The van der Waals surface area contributed by atoms with E-state index in [1.807, 2.05) is 68.1 Å². The van der Waals surface area contributed by atoms with Gasteiger partial charge in [-0.3, -0.25) is 24.2 Å². The van der Waals surface area contributed by atoms with Crippen molar-refractivity contribution in [2.45, 2.75) is 131 Å². The number of aliphatic imine (C=N–C) groups is 3. The van der Waals surface area contributed by atoms with Crippen LogP contribution in [0.15, 0.2) is 111 Å². The minimum absolute atomic E-state index is 0.00550. The summed E-state index contributed by atoms with van der Waals surface area (Å²) < 4.78 is 30.9. The van der Waals surface area contributed by atoms with Crippen molar-refractivity contribution in [3.63, 3.8) is 0 Å². The Morgan fingerprint density at radius 2 is 1.59 bits per heavy atom. The van der Waals surface area contributed by atoms with Crippen LogP contribution in [0.1, 0.15) is 130 Å². The van der Waals surface area contributed by atoms with E-state index in [1.54, 1.807) is 25.4 Å². The summed E-state index contributed by atoms with van der Waals surface area (Å²) in [4.78, 5) is 62.4. The van der Waals surface area contributed by atoms with Gasteiger partial charge < -0.3 is 50.4 Å². The molecule has 19 heteroatoms. The molecule has 1 saturated heterocycles. The van der Waals surface area contributed by atoms with Crippen molar-refractivity contribution >= 4 is 65.3 Å². The molecule has 2 aromatic carbocycles. The first-order chi connectivity index (χ1) is 38.5. The number of amides is 4. The van der Waals surface area contributed by atoms with Gasteiger partial charge in [-0.2, -0.15) is 0 Å². The Balaban J connectivity index is 0.000000829. The lowest BCUT2D eigenvalue weighted by Crippen LogP contribution is -2.34. The highest BCUT2D eigenvalue weighted by atomic mass is 35.5. The summed E-state index contributed by atoms with van der Waals surface area (Å²) in [6.45, 7) is 21.5. The van der Waals surface area contributed by atoms with Gasteiger partial charge in [-0.1, -0.05) is 74.9 Å². The number of aliphatic hydroxyl groups is 1. The lowest BCUT2D eigenvalue weighted by molar-refractivity contribution is -0.132. The molecule has 4 rings (SSSR count). The first kappa shape index (κ1) is 71.7. The Hall–Kier alpha value is -6.31. The third kappa shape index (κ3) is 33.3. The number of benzene rings is 2. The first-order valence-corrected chi connectivity index (χ1v) is 28.1. The van der Waals surface area contributed by atoms with Gasteiger partial charge in [0, 0.05) is 121 Å². The molecule has 1 unspecified atom stereocenters. The minimum atomic E-state index is -0.510. The average Bonchev–Trinajstić information content (AvgIpc) is 3.88. The number of likely N-dealkylation sites (N-methyl/N-ethyl adjacent to an activating group) is 1. The second kappa shape index (κ2) is 44.4. The molecular formula is C61H93ClFN9O8. The largest absolute Gasteiger partial charge is 0.491 e. The molecule has 2 aliphatic rings. The number of nitrogens with zero attached hydrogens (tertiary/aromatic N) is 5. The number of allylic oxidation sites excluding steroid dienone is 4. The summed E-state index contributed by atoms with van der Waals surface area (Å²) in [6, 6.07) is 12.8. The van der Waals surface area contributed by atoms with Gasteiger partial charge in [-0.25, -0.2) is 14.4 Å². The van der Waals surface area contributed by atoms with Crippen molar-refractivity contribution < 1.29 is 42.9 Å². The van der Waals surface area contributed by atoms with E-state index in [0.717, 1.165) is 87.6 Å². The lowest BCUT2D eigenvalue weighted by Gasteiger charge is -2.22. The number of hydrogen-bond donors (Lipinski definition) is 5. The molecule has 1 aliphatic heterocycles. The van der Waals surface area contributed by atoms with Crippen molar-refractivity contribution in [1.82, 2.24) is 25.8 Å². The summed E-state index contributed by atoms with van der Waals surface area (Å²) >= 11 is 5.84. The zero-order valence-electron chi connectivity index (χ0n) is 49.4. The number of likely N-dealkylation sites (tertiary alicyclic amines) is 1. The van der Waals surface area contributed by atoms with Crippen LogP contribution in [0.3, 0.4) is 0 Å². The molecule has 1 atom stereocenters. The highest BCUT2D eigenvalue weighted by Crippen LogP contribution is 2.23. The van der Waals surface area contributed by atoms with Crippen LogP contribution in [-0.2, 0) is 39.9 Å². The third-order valence-electron chi connectivity index (χ3n) is 12.1. The SMILES string of the molecule is C=C(/N=C\N=C1C=C(OCCCCOCCCCOCCCCCC(=O)NC)C(NC(=O)/C=C/CN(C)C)=CC1)Nc1ccc(F)c(Cl)c1.CC(C)CC(=O)N1CCCC1C.CC=N/C(C)=C(\C)c1ccc(CNC=O)cc1.CO. The molecule has 4 amide bonds. The number of ether oxygens (including phenoxy) is 3. The van der Waals surface area contributed by atoms with Crippen molar-refractivity contribution in [3.8, 4) is 0 Å². The standard InChI is InChI=1S/C36H52ClFN6O5.C14H18N2O.C10H19NO.CH4O/c1-28(42-30-15-17-32(38)31(37)25-30)40-27-41-29-16-18-33(43-36(46)14-12-19-44(3)4)34(26-29)49-24-11-10-23-48-22-9-8-21-47-20-7-5-6-13-35(45)39-2;1-4-16-12(3)11(2)14-7-5-13(6-8-14)9-15-10-17;1-8(2)7-10(12)11-6-4-5-9(11)3;1-2/h12,14-15,17-18,25-27,42H,1,5-11,13,16,19-24H2,2-4H3,(H,39,45)(H,43,46);4-8,10H,9H2,1-3H3,(H,15,17);8-9H,4-7H2,1-3H3;2H,1H3/b14-12+,40-27-,41-29?;12-11+,16-4?;;. The van der Waals surface area contributed by atoms with Crippen LogP contribution < -0.4 is 21.3 Å². The van der Waals surface area contributed by atoms with Crippen LogP contribution in [0.2, 0.25) is 5.02 Å². The fraction of sp³-hybridized carbons (Fsp3) is 0.525. The summed E-state index contributed by atoms with van der Waals surface area (Å²) in [6.07, 6.45) is 21.3. The lowest BCUT2D eigenvalue weighted by atomic mass is 10.0. The van der Waals surface area contributed by atoms with E-state index in [-0.39, 0.29) is 16.8 Å². The van der Waals surface area contributed by atoms with E-state index in [9.17, 15) is 23.6 Å². The molecule has 1 heterocycles. The number of unbranched alkanes of at least 4 members (excludes halogenated alkanes) is 4. The molecule has 0 radical (unpaired) electrons. The van der Waals surface area contributed by atoms with Gasteiger partial charge in [0.15, 0.2) is 0 Å². The summed E-state index contributed by atoms with van der Waals surface area (Å²) in [7, 11) is 6.52. The van der Waals surface area contributed by atoms with E-state index in [2.05, 4.69) is 70.5 Å². The van der Waals surface area contributed by atoms with E-state index >= 15 is 0 Å². The number of anilines is 1. The maximum absolute atomic E-state index is 13.4. The quantitative estimate of drug-likeness (QED) is 0.0154. The molecule has 444 valence electrons. The number of carbonyl (C=O) groups is 4. The van der Waals surface area contributed by atoms with E-state index in [4.69, 9.17) is 30.9 Å². The molecule has 0 saturated carbocycles. The topological polar surface area (TPSA) is 208 Å². The van der Waals surface area contributed by atoms with Crippen LogP contribution in [0.25, 0.3) is 5.57 Å². The minimum Gasteiger partial charge on any atom is -0.491 e. The fourth-order valence-corrected chi connectivity index (χ4v) is 7.78. The van der Waals surface area contributed by atoms with Crippen LogP contribution in [0.4, 0.5) is 10.1 Å². The molecular weight excluding hydrogens is 1040 g/mol. The van der Waals surface area contributed by atoms with Crippen LogP contribution >= 0.6 is 11.6 Å². The maximum Gasteiger partial charge on any atom is 0.248 e. The van der Waals surface area contributed by atoms with Crippen LogP contribution in [-0.4, -0.2) is 138 Å². The Kier molecular flexibility index (Phi) is 39.8. The molecule has 0 bridgehead atoms. The highest BCUT2D eigenvalue weighted by Gasteiger charge is 2.25. The molecule has 2 aromatic rings. The van der Waals surface area contributed by atoms with Gasteiger partial charge in [-0.05, 0) is 134 Å². The van der Waals surface area contributed by atoms with Gasteiger partial charge in [-0.15, -0.1) is 0 Å². The second-order valence-corrected chi connectivity index (χ2v) is 19.9. The molecule has 17 nitrogen and oxygen atoms in total.